The maximum absolute atomic E-state index is 5.03. The molecule has 5 rings (SSSR count). The molecule has 1 unspecified atom stereocenters. The SMILES string of the molecule is CNC(C)c1csc(C23CC4CC(CC(C4)C2)C3)n1. The van der Waals surface area contributed by atoms with Crippen molar-refractivity contribution in [1.29, 1.82) is 0 Å². The van der Waals surface area contributed by atoms with E-state index in [2.05, 4.69) is 17.6 Å². The van der Waals surface area contributed by atoms with Crippen molar-refractivity contribution in [3.05, 3.63) is 16.1 Å². The van der Waals surface area contributed by atoms with E-state index >= 15 is 0 Å². The van der Waals surface area contributed by atoms with E-state index in [-0.39, 0.29) is 0 Å². The molecule has 4 fully saturated rings. The molecule has 4 saturated carbocycles. The Morgan fingerprint density at radius 2 is 1.79 bits per heavy atom. The van der Waals surface area contributed by atoms with Gasteiger partial charge in [0.15, 0.2) is 0 Å². The summed E-state index contributed by atoms with van der Waals surface area (Å²) in [7, 11) is 2.02. The Balaban J connectivity index is 1.66. The Morgan fingerprint density at radius 1 is 1.21 bits per heavy atom. The first-order chi connectivity index (χ1) is 9.18. The van der Waals surface area contributed by atoms with Gasteiger partial charge in [-0.2, -0.15) is 0 Å². The van der Waals surface area contributed by atoms with Crippen LogP contribution in [0.3, 0.4) is 0 Å². The predicted octanol–water partition coefficient (Wildman–Crippen LogP) is 3.89. The number of aromatic nitrogens is 1. The van der Waals surface area contributed by atoms with Gasteiger partial charge in [-0.05, 0) is 70.3 Å². The Hall–Kier alpha value is -0.410. The number of rotatable bonds is 3. The van der Waals surface area contributed by atoms with Crippen molar-refractivity contribution in [1.82, 2.24) is 10.3 Å². The van der Waals surface area contributed by atoms with Crippen LogP contribution >= 0.6 is 11.3 Å². The standard InChI is InChI=1S/C16H24N2S/c1-10(17-2)14-9-19-15(18-14)16-6-11-3-12(7-16)5-13(4-11)8-16/h9-13,17H,3-8H2,1-2H3. The first kappa shape index (κ1) is 12.3. The molecule has 1 aromatic rings. The smallest absolute Gasteiger partial charge is 0.0991 e. The fraction of sp³-hybridized carbons (Fsp3) is 0.812. The van der Waals surface area contributed by atoms with Crippen molar-refractivity contribution in [3.63, 3.8) is 0 Å². The summed E-state index contributed by atoms with van der Waals surface area (Å²) in [6.07, 6.45) is 8.85. The molecule has 0 spiro atoms. The number of nitrogens with one attached hydrogen (secondary N) is 1. The van der Waals surface area contributed by atoms with Crippen LogP contribution in [0.1, 0.15) is 62.2 Å². The quantitative estimate of drug-likeness (QED) is 0.906. The number of thiazole rings is 1. The molecule has 1 N–H and O–H groups in total. The van der Waals surface area contributed by atoms with Crippen LogP contribution in [0.5, 0.6) is 0 Å². The topological polar surface area (TPSA) is 24.9 Å². The van der Waals surface area contributed by atoms with Crippen LogP contribution in [0.25, 0.3) is 0 Å². The third kappa shape index (κ3) is 1.89. The highest BCUT2D eigenvalue weighted by Crippen LogP contribution is 2.61. The summed E-state index contributed by atoms with van der Waals surface area (Å²) in [5.74, 6) is 3.04. The number of hydrogen-bond acceptors (Lipinski definition) is 3. The lowest BCUT2D eigenvalue weighted by molar-refractivity contribution is -0.00535. The van der Waals surface area contributed by atoms with Gasteiger partial charge in [0.05, 0.1) is 10.7 Å². The van der Waals surface area contributed by atoms with Gasteiger partial charge in [0, 0.05) is 16.8 Å². The summed E-state index contributed by atoms with van der Waals surface area (Å²) in [6, 6.07) is 0.388. The van der Waals surface area contributed by atoms with Gasteiger partial charge in [-0.15, -0.1) is 11.3 Å². The van der Waals surface area contributed by atoms with E-state index in [0.29, 0.717) is 11.5 Å². The van der Waals surface area contributed by atoms with Gasteiger partial charge >= 0.3 is 0 Å². The highest BCUT2D eigenvalue weighted by molar-refractivity contribution is 7.09. The minimum atomic E-state index is 0.388. The van der Waals surface area contributed by atoms with E-state index in [4.69, 9.17) is 4.98 Å². The molecule has 0 amide bonds. The Bertz CT molecular complexity index is 444. The van der Waals surface area contributed by atoms with Crippen LogP contribution in [-0.2, 0) is 5.41 Å². The van der Waals surface area contributed by atoms with E-state index in [9.17, 15) is 0 Å². The van der Waals surface area contributed by atoms with Gasteiger partial charge < -0.3 is 5.32 Å². The first-order valence-electron chi connectivity index (χ1n) is 7.82. The lowest BCUT2D eigenvalue weighted by Crippen LogP contribution is -2.48. The molecule has 4 aliphatic carbocycles. The maximum atomic E-state index is 5.03. The van der Waals surface area contributed by atoms with Crippen LogP contribution in [0, 0.1) is 17.8 Å². The lowest BCUT2D eigenvalue weighted by atomic mass is 9.50. The molecule has 3 heteroatoms. The van der Waals surface area contributed by atoms with Crippen LogP contribution in [-0.4, -0.2) is 12.0 Å². The Kier molecular flexibility index (Phi) is 2.79. The highest BCUT2D eigenvalue weighted by atomic mass is 32.1. The Morgan fingerprint density at radius 3 is 2.32 bits per heavy atom. The molecule has 1 heterocycles. The second-order valence-corrected chi connectivity index (χ2v) is 8.14. The minimum absolute atomic E-state index is 0.388. The van der Waals surface area contributed by atoms with Crippen molar-refractivity contribution in [2.75, 3.05) is 7.05 Å². The summed E-state index contributed by atoms with van der Waals surface area (Å²) in [4.78, 5) is 5.03. The molecule has 1 aromatic heterocycles. The summed E-state index contributed by atoms with van der Waals surface area (Å²) in [6.45, 7) is 2.21. The summed E-state index contributed by atoms with van der Waals surface area (Å²) >= 11 is 1.93. The van der Waals surface area contributed by atoms with Crippen LogP contribution in [0.15, 0.2) is 5.38 Å². The van der Waals surface area contributed by atoms with E-state index in [1.54, 1.807) is 0 Å². The van der Waals surface area contributed by atoms with E-state index in [1.807, 2.05) is 18.4 Å². The van der Waals surface area contributed by atoms with Crippen LogP contribution < -0.4 is 5.32 Å². The molecular formula is C16H24N2S. The summed E-state index contributed by atoms with van der Waals surface area (Å²) < 4.78 is 0. The average molecular weight is 276 g/mol. The normalized spacial score (nSPS) is 41.7. The molecule has 2 nitrogen and oxygen atoms in total. The second-order valence-electron chi connectivity index (χ2n) is 7.29. The van der Waals surface area contributed by atoms with Crippen molar-refractivity contribution in [2.45, 2.75) is 56.9 Å². The Labute approximate surface area is 120 Å². The van der Waals surface area contributed by atoms with Crippen molar-refractivity contribution >= 4 is 11.3 Å². The average Bonchev–Trinajstić information content (AvgIpc) is 2.86. The van der Waals surface area contributed by atoms with E-state index in [1.165, 1.54) is 49.2 Å². The first-order valence-corrected chi connectivity index (χ1v) is 8.69. The van der Waals surface area contributed by atoms with Gasteiger partial charge in [0.2, 0.25) is 0 Å². The third-order valence-corrected chi connectivity index (χ3v) is 7.00. The predicted molar refractivity (Wildman–Crippen MR) is 79.4 cm³/mol. The fourth-order valence-electron chi connectivity index (χ4n) is 5.25. The zero-order valence-corrected chi connectivity index (χ0v) is 12.8. The lowest BCUT2D eigenvalue weighted by Gasteiger charge is -2.56. The minimum Gasteiger partial charge on any atom is -0.312 e. The molecule has 104 valence electrons. The number of hydrogen-bond donors (Lipinski definition) is 1. The number of nitrogens with zero attached hydrogens (tertiary/aromatic N) is 1. The second kappa shape index (κ2) is 4.29. The van der Waals surface area contributed by atoms with Gasteiger partial charge in [0.1, 0.15) is 0 Å². The molecule has 4 aliphatic rings. The fourth-order valence-corrected chi connectivity index (χ4v) is 6.40. The zero-order chi connectivity index (χ0) is 13.0. The molecule has 0 aromatic carbocycles. The monoisotopic (exact) mass is 276 g/mol. The van der Waals surface area contributed by atoms with Crippen molar-refractivity contribution < 1.29 is 0 Å². The van der Waals surface area contributed by atoms with Crippen LogP contribution in [0.4, 0.5) is 0 Å². The maximum Gasteiger partial charge on any atom is 0.0991 e. The largest absolute Gasteiger partial charge is 0.312 e. The molecule has 0 aliphatic heterocycles. The molecule has 0 radical (unpaired) electrons. The zero-order valence-electron chi connectivity index (χ0n) is 12.0. The van der Waals surface area contributed by atoms with Gasteiger partial charge in [-0.1, -0.05) is 0 Å². The highest BCUT2D eigenvalue weighted by Gasteiger charge is 2.52. The van der Waals surface area contributed by atoms with Gasteiger partial charge in [-0.3, -0.25) is 0 Å². The third-order valence-electron chi connectivity index (χ3n) is 5.89. The molecule has 0 saturated heterocycles. The summed E-state index contributed by atoms with van der Waals surface area (Å²) in [5, 5.41) is 7.06. The summed E-state index contributed by atoms with van der Waals surface area (Å²) in [5.41, 5.74) is 1.73. The molecular weight excluding hydrogens is 252 g/mol. The van der Waals surface area contributed by atoms with Crippen molar-refractivity contribution in [2.24, 2.45) is 17.8 Å². The van der Waals surface area contributed by atoms with Gasteiger partial charge in [0.25, 0.3) is 0 Å². The van der Waals surface area contributed by atoms with Crippen LogP contribution in [0.2, 0.25) is 0 Å². The van der Waals surface area contributed by atoms with E-state index in [0.717, 1.165) is 17.8 Å². The molecule has 19 heavy (non-hydrogen) atoms. The van der Waals surface area contributed by atoms with Crippen molar-refractivity contribution in [3.8, 4) is 0 Å². The molecule has 1 atom stereocenters. The van der Waals surface area contributed by atoms with Gasteiger partial charge in [-0.25, -0.2) is 4.98 Å². The van der Waals surface area contributed by atoms with E-state index < -0.39 is 0 Å². The molecule has 4 bridgehead atoms.